The number of nitrogens with zero attached hydrogens (tertiary/aromatic N) is 2. The van der Waals surface area contributed by atoms with Crippen molar-refractivity contribution >= 4 is 23.3 Å². The van der Waals surface area contributed by atoms with E-state index in [9.17, 15) is 19.7 Å². The van der Waals surface area contributed by atoms with Gasteiger partial charge in [-0.3, -0.25) is 14.9 Å². The number of nitro groups is 1. The molecule has 1 heterocycles. The first-order valence-corrected chi connectivity index (χ1v) is 8.67. The predicted octanol–water partition coefficient (Wildman–Crippen LogP) is 2.65. The standard InChI is InChI=1S/C17H22N4O4/c22-16(18-12-6-1-2-7-12)15-10-5-11-20(15)17(23)19-13-8-3-4-9-14(13)21(24)25/h3-4,8-9,12,15H,1-2,5-7,10-11H2,(H,18,22)(H,19,23). The molecule has 2 aliphatic rings. The van der Waals surface area contributed by atoms with Gasteiger partial charge in [0.05, 0.1) is 4.92 Å². The Morgan fingerprint density at radius 3 is 2.56 bits per heavy atom. The lowest BCUT2D eigenvalue weighted by Gasteiger charge is -2.25. The van der Waals surface area contributed by atoms with Crippen molar-refractivity contribution in [2.45, 2.75) is 50.6 Å². The molecular weight excluding hydrogens is 324 g/mol. The number of likely N-dealkylation sites (tertiary alicyclic amines) is 1. The van der Waals surface area contributed by atoms with Crippen molar-refractivity contribution in [3.8, 4) is 0 Å². The molecule has 3 amide bonds. The molecule has 8 nitrogen and oxygen atoms in total. The van der Waals surface area contributed by atoms with Gasteiger partial charge in [0.25, 0.3) is 5.69 Å². The smallest absolute Gasteiger partial charge is 0.322 e. The zero-order chi connectivity index (χ0) is 17.8. The Kier molecular flexibility index (Phi) is 5.16. The van der Waals surface area contributed by atoms with Crippen LogP contribution < -0.4 is 10.6 Å². The third-order valence-corrected chi connectivity index (χ3v) is 4.86. The highest BCUT2D eigenvalue weighted by Gasteiger charge is 2.35. The van der Waals surface area contributed by atoms with Gasteiger partial charge < -0.3 is 15.5 Å². The number of nitrogens with one attached hydrogen (secondary N) is 2. The van der Waals surface area contributed by atoms with Crippen LogP contribution in [-0.2, 0) is 4.79 Å². The van der Waals surface area contributed by atoms with Gasteiger partial charge in [-0.2, -0.15) is 0 Å². The molecule has 1 unspecified atom stereocenters. The van der Waals surface area contributed by atoms with Gasteiger partial charge in [-0.25, -0.2) is 4.79 Å². The fraction of sp³-hybridized carbons (Fsp3) is 0.529. The number of para-hydroxylation sites is 2. The summed E-state index contributed by atoms with van der Waals surface area (Å²) >= 11 is 0. The average Bonchev–Trinajstić information content (AvgIpc) is 3.26. The van der Waals surface area contributed by atoms with Crippen LogP contribution in [0.15, 0.2) is 24.3 Å². The molecule has 2 N–H and O–H groups in total. The normalized spacial score (nSPS) is 20.5. The second kappa shape index (κ2) is 7.50. The van der Waals surface area contributed by atoms with Crippen LogP contribution in [0.1, 0.15) is 38.5 Å². The number of nitro benzene ring substituents is 1. The molecule has 1 aliphatic carbocycles. The van der Waals surface area contributed by atoms with Crippen molar-refractivity contribution in [3.63, 3.8) is 0 Å². The van der Waals surface area contributed by atoms with E-state index in [0.29, 0.717) is 13.0 Å². The number of hydrogen-bond donors (Lipinski definition) is 2. The molecule has 3 rings (SSSR count). The topological polar surface area (TPSA) is 105 Å². The number of urea groups is 1. The lowest BCUT2D eigenvalue weighted by molar-refractivity contribution is -0.383. The van der Waals surface area contributed by atoms with Gasteiger partial charge in [0.1, 0.15) is 11.7 Å². The van der Waals surface area contributed by atoms with Gasteiger partial charge in [0.15, 0.2) is 0 Å². The molecule has 0 aromatic heterocycles. The Hall–Kier alpha value is -2.64. The van der Waals surface area contributed by atoms with Crippen molar-refractivity contribution < 1.29 is 14.5 Å². The van der Waals surface area contributed by atoms with Crippen LogP contribution in [0.4, 0.5) is 16.2 Å². The number of anilines is 1. The minimum atomic E-state index is -0.538. The van der Waals surface area contributed by atoms with Crippen LogP contribution in [0.25, 0.3) is 0 Å². The van der Waals surface area contributed by atoms with Crippen LogP contribution in [0.3, 0.4) is 0 Å². The number of carbonyl (C=O) groups is 2. The average molecular weight is 346 g/mol. The molecule has 1 saturated carbocycles. The Balaban J connectivity index is 1.66. The van der Waals surface area contributed by atoms with Gasteiger partial charge in [-0.05, 0) is 31.7 Å². The molecule has 1 aliphatic heterocycles. The van der Waals surface area contributed by atoms with Crippen molar-refractivity contribution in [2.75, 3.05) is 11.9 Å². The summed E-state index contributed by atoms with van der Waals surface area (Å²) in [6.07, 6.45) is 5.58. The Morgan fingerprint density at radius 1 is 1.12 bits per heavy atom. The monoisotopic (exact) mass is 346 g/mol. The second-order valence-corrected chi connectivity index (χ2v) is 6.55. The highest BCUT2D eigenvalue weighted by Crippen LogP contribution is 2.26. The van der Waals surface area contributed by atoms with E-state index in [1.165, 1.54) is 17.0 Å². The van der Waals surface area contributed by atoms with Crippen molar-refractivity contribution in [2.24, 2.45) is 0 Å². The zero-order valence-electron chi connectivity index (χ0n) is 13.9. The van der Waals surface area contributed by atoms with Gasteiger partial charge >= 0.3 is 6.03 Å². The largest absolute Gasteiger partial charge is 0.352 e. The van der Waals surface area contributed by atoms with E-state index in [1.54, 1.807) is 12.1 Å². The Bertz CT molecular complexity index is 672. The van der Waals surface area contributed by atoms with E-state index < -0.39 is 17.0 Å². The molecule has 1 aromatic rings. The maximum absolute atomic E-state index is 12.6. The van der Waals surface area contributed by atoms with E-state index in [1.807, 2.05) is 0 Å². The van der Waals surface area contributed by atoms with E-state index in [2.05, 4.69) is 10.6 Å². The van der Waals surface area contributed by atoms with Gasteiger partial charge in [-0.15, -0.1) is 0 Å². The van der Waals surface area contributed by atoms with Crippen LogP contribution in [-0.4, -0.2) is 40.4 Å². The summed E-state index contributed by atoms with van der Waals surface area (Å²) in [6, 6.07) is 5.21. The fourth-order valence-corrected chi connectivity index (χ4v) is 3.58. The van der Waals surface area contributed by atoms with Crippen molar-refractivity contribution in [1.82, 2.24) is 10.2 Å². The Labute approximate surface area is 145 Å². The van der Waals surface area contributed by atoms with Crippen LogP contribution in [0.5, 0.6) is 0 Å². The van der Waals surface area contributed by atoms with Crippen LogP contribution >= 0.6 is 0 Å². The number of benzene rings is 1. The molecule has 1 aromatic carbocycles. The zero-order valence-corrected chi connectivity index (χ0v) is 13.9. The first-order valence-electron chi connectivity index (χ1n) is 8.67. The van der Waals surface area contributed by atoms with Crippen molar-refractivity contribution in [3.05, 3.63) is 34.4 Å². The summed E-state index contributed by atoms with van der Waals surface area (Å²) in [6.45, 7) is 0.467. The minimum Gasteiger partial charge on any atom is -0.352 e. The number of amides is 3. The number of hydrogen-bond acceptors (Lipinski definition) is 4. The van der Waals surface area contributed by atoms with E-state index in [0.717, 1.165) is 32.1 Å². The molecule has 25 heavy (non-hydrogen) atoms. The van der Waals surface area contributed by atoms with E-state index in [-0.39, 0.29) is 23.3 Å². The second-order valence-electron chi connectivity index (χ2n) is 6.55. The maximum atomic E-state index is 12.6. The molecular formula is C17H22N4O4. The molecule has 134 valence electrons. The summed E-state index contributed by atoms with van der Waals surface area (Å²) in [4.78, 5) is 37.1. The SMILES string of the molecule is O=C(NC1CCCC1)C1CCCN1C(=O)Nc1ccccc1[N+](=O)[O-]. The van der Waals surface area contributed by atoms with Gasteiger partial charge in [-0.1, -0.05) is 25.0 Å². The Morgan fingerprint density at radius 2 is 1.84 bits per heavy atom. The molecule has 1 atom stereocenters. The molecule has 0 radical (unpaired) electrons. The van der Waals surface area contributed by atoms with E-state index >= 15 is 0 Å². The number of rotatable bonds is 4. The highest BCUT2D eigenvalue weighted by molar-refractivity contribution is 5.95. The van der Waals surface area contributed by atoms with E-state index in [4.69, 9.17) is 0 Å². The minimum absolute atomic E-state index is 0.123. The maximum Gasteiger partial charge on any atom is 0.322 e. The quantitative estimate of drug-likeness (QED) is 0.646. The summed E-state index contributed by atoms with van der Waals surface area (Å²) in [5.74, 6) is -0.123. The first kappa shape index (κ1) is 17.2. The van der Waals surface area contributed by atoms with Crippen LogP contribution in [0.2, 0.25) is 0 Å². The molecule has 0 spiro atoms. The predicted molar refractivity (Wildman–Crippen MR) is 92.2 cm³/mol. The van der Waals surface area contributed by atoms with Crippen LogP contribution in [0, 0.1) is 10.1 Å². The molecule has 8 heteroatoms. The first-order chi connectivity index (χ1) is 12.1. The molecule has 2 fully saturated rings. The third kappa shape index (κ3) is 3.89. The summed E-state index contributed by atoms with van der Waals surface area (Å²) in [5, 5.41) is 16.7. The lowest BCUT2D eigenvalue weighted by Crippen LogP contribution is -2.49. The summed E-state index contributed by atoms with van der Waals surface area (Å²) in [7, 11) is 0. The molecule has 0 bridgehead atoms. The highest BCUT2D eigenvalue weighted by atomic mass is 16.6. The number of carbonyl (C=O) groups excluding carboxylic acids is 2. The lowest BCUT2D eigenvalue weighted by atomic mass is 10.1. The third-order valence-electron chi connectivity index (χ3n) is 4.86. The van der Waals surface area contributed by atoms with Gasteiger partial charge in [0.2, 0.25) is 5.91 Å². The summed E-state index contributed by atoms with van der Waals surface area (Å²) < 4.78 is 0. The molecule has 1 saturated heterocycles. The summed E-state index contributed by atoms with van der Waals surface area (Å²) in [5.41, 5.74) is -0.0265. The van der Waals surface area contributed by atoms with Crippen molar-refractivity contribution in [1.29, 1.82) is 0 Å². The fourth-order valence-electron chi connectivity index (χ4n) is 3.58. The van der Waals surface area contributed by atoms with Gasteiger partial charge in [0, 0.05) is 18.7 Å².